The number of rotatable bonds is 4. The summed E-state index contributed by atoms with van der Waals surface area (Å²) >= 11 is 2.07. The smallest absolute Gasteiger partial charge is 0.0532 e. The van der Waals surface area contributed by atoms with Crippen molar-refractivity contribution in [3.05, 3.63) is 18.0 Å². The van der Waals surface area contributed by atoms with E-state index in [0.717, 1.165) is 19.0 Å². The second kappa shape index (κ2) is 4.67. The number of nitrogens with one attached hydrogen (secondary N) is 2. The molecule has 1 fully saturated rings. The standard InChI is InChI=1S/C9H15N3S/c1-2-13-7-8(1)3-10-4-9-5-11-12-6-9/h5-6,8,10H,1-4,7H2,(H,11,12). The SMILES string of the molecule is c1n[nH]cc1CNCC1CCSC1. The fourth-order valence-corrected chi connectivity index (χ4v) is 2.82. The van der Waals surface area contributed by atoms with Gasteiger partial charge < -0.3 is 5.32 Å². The number of hydrogen-bond donors (Lipinski definition) is 2. The monoisotopic (exact) mass is 197 g/mol. The highest BCUT2D eigenvalue weighted by Crippen LogP contribution is 2.22. The molecule has 1 aromatic heterocycles. The van der Waals surface area contributed by atoms with E-state index in [1.807, 2.05) is 12.4 Å². The summed E-state index contributed by atoms with van der Waals surface area (Å²) < 4.78 is 0. The summed E-state index contributed by atoms with van der Waals surface area (Å²) in [5.41, 5.74) is 1.24. The lowest BCUT2D eigenvalue weighted by Crippen LogP contribution is -2.21. The zero-order valence-corrected chi connectivity index (χ0v) is 8.44. The Labute approximate surface area is 82.7 Å². The van der Waals surface area contributed by atoms with Crippen LogP contribution in [-0.2, 0) is 6.54 Å². The van der Waals surface area contributed by atoms with Crippen LogP contribution in [0, 0.1) is 5.92 Å². The number of hydrogen-bond acceptors (Lipinski definition) is 3. The van der Waals surface area contributed by atoms with Crippen LogP contribution in [-0.4, -0.2) is 28.2 Å². The molecule has 0 aromatic carbocycles. The number of aromatic amines is 1. The number of nitrogens with zero attached hydrogens (tertiary/aromatic N) is 1. The van der Waals surface area contributed by atoms with E-state index in [0.29, 0.717) is 0 Å². The third kappa shape index (κ3) is 2.74. The molecular weight excluding hydrogens is 182 g/mol. The van der Waals surface area contributed by atoms with E-state index >= 15 is 0 Å². The van der Waals surface area contributed by atoms with E-state index in [1.54, 1.807) is 0 Å². The van der Waals surface area contributed by atoms with Crippen molar-refractivity contribution in [2.45, 2.75) is 13.0 Å². The predicted molar refractivity (Wildman–Crippen MR) is 55.7 cm³/mol. The zero-order chi connectivity index (χ0) is 8.93. The summed E-state index contributed by atoms with van der Waals surface area (Å²) in [6.07, 6.45) is 5.19. The molecule has 4 heteroatoms. The Hall–Kier alpha value is -0.480. The van der Waals surface area contributed by atoms with Crippen molar-refractivity contribution in [3.8, 4) is 0 Å². The van der Waals surface area contributed by atoms with E-state index in [9.17, 15) is 0 Å². The molecule has 1 atom stereocenters. The molecular formula is C9H15N3S. The van der Waals surface area contributed by atoms with Gasteiger partial charge in [-0.1, -0.05) is 0 Å². The van der Waals surface area contributed by atoms with Gasteiger partial charge in [0.25, 0.3) is 0 Å². The van der Waals surface area contributed by atoms with E-state index in [-0.39, 0.29) is 0 Å². The second-order valence-electron chi connectivity index (χ2n) is 3.47. The summed E-state index contributed by atoms with van der Waals surface area (Å²) in [6.45, 7) is 2.09. The van der Waals surface area contributed by atoms with Crippen molar-refractivity contribution >= 4 is 11.8 Å². The zero-order valence-electron chi connectivity index (χ0n) is 7.62. The third-order valence-corrected chi connectivity index (χ3v) is 3.57. The van der Waals surface area contributed by atoms with Crippen LogP contribution in [0.15, 0.2) is 12.4 Å². The number of thioether (sulfide) groups is 1. The van der Waals surface area contributed by atoms with Gasteiger partial charge in [-0.15, -0.1) is 0 Å². The van der Waals surface area contributed by atoms with Crippen LogP contribution >= 0.6 is 11.8 Å². The first-order valence-corrected chi connectivity index (χ1v) is 5.87. The first kappa shape index (κ1) is 9.09. The number of aromatic nitrogens is 2. The Balaban J connectivity index is 1.63. The summed E-state index contributed by atoms with van der Waals surface area (Å²) in [7, 11) is 0. The summed E-state index contributed by atoms with van der Waals surface area (Å²) in [4.78, 5) is 0. The quantitative estimate of drug-likeness (QED) is 0.763. The summed E-state index contributed by atoms with van der Waals surface area (Å²) in [5.74, 6) is 3.56. The molecule has 2 N–H and O–H groups in total. The Bertz CT molecular complexity index is 229. The Kier molecular flexibility index (Phi) is 3.27. The van der Waals surface area contributed by atoms with Crippen LogP contribution in [0.1, 0.15) is 12.0 Å². The van der Waals surface area contributed by atoms with Gasteiger partial charge in [0.15, 0.2) is 0 Å². The van der Waals surface area contributed by atoms with Gasteiger partial charge in [0, 0.05) is 18.3 Å². The van der Waals surface area contributed by atoms with Crippen molar-refractivity contribution in [2.24, 2.45) is 5.92 Å². The van der Waals surface area contributed by atoms with Crippen LogP contribution in [0.3, 0.4) is 0 Å². The highest BCUT2D eigenvalue weighted by Gasteiger charge is 2.14. The molecule has 1 saturated heterocycles. The van der Waals surface area contributed by atoms with Crippen molar-refractivity contribution in [1.82, 2.24) is 15.5 Å². The van der Waals surface area contributed by atoms with Crippen LogP contribution in [0.5, 0.6) is 0 Å². The van der Waals surface area contributed by atoms with Gasteiger partial charge in [-0.05, 0) is 30.4 Å². The minimum Gasteiger partial charge on any atom is -0.312 e. The lowest BCUT2D eigenvalue weighted by molar-refractivity contribution is 0.523. The van der Waals surface area contributed by atoms with E-state index < -0.39 is 0 Å². The van der Waals surface area contributed by atoms with Gasteiger partial charge in [-0.25, -0.2) is 0 Å². The molecule has 0 aliphatic carbocycles. The molecule has 0 bridgehead atoms. The molecule has 1 aromatic rings. The maximum absolute atomic E-state index is 3.90. The fourth-order valence-electron chi connectivity index (χ4n) is 1.54. The largest absolute Gasteiger partial charge is 0.312 e. The second-order valence-corrected chi connectivity index (χ2v) is 4.62. The first-order valence-electron chi connectivity index (χ1n) is 4.71. The van der Waals surface area contributed by atoms with E-state index in [4.69, 9.17) is 0 Å². The van der Waals surface area contributed by atoms with Crippen LogP contribution < -0.4 is 5.32 Å². The topological polar surface area (TPSA) is 40.7 Å². The lowest BCUT2D eigenvalue weighted by atomic mass is 10.1. The van der Waals surface area contributed by atoms with Crippen LogP contribution in [0.25, 0.3) is 0 Å². The average molecular weight is 197 g/mol. The molecule has 0 spiro atoms. The van der Waals surface area contributed by atoms with Crippen molar-refractivity contribution in [1.29, 1.82) is 0 Å². The van der Waals surface area contributed by atoms with Gasteiger partial charge in [0.05, 0.1) is 6.20 Å². The Morgan fingerprint density at radius 1 is 1.69 bits per heavy atom. The molecule has 1 aliphatic heterocycles. The van der Waals surface area contributed by atoms with Gasteiger partial charge in [0.1, 0.15) is 0 Å². The molecule has 3 nitrogen and oxygen atoms in total. The first-order chi connectivity index (χ1) is 6.45. The summed E-state index contributed by atoms with van der Waals surface area (Å²) in [6, 6.07) is 0. The van der Waals surface area contributed by atoms with Crippen LogP contribution in [0.2, 0.25) is 0 Å². The van der Waals surface area contributed by atoms with Gasteiger partial charge in [-0.2, -0.15) is 16.9 Å². The Morgan fingerprint density at radius 2 is 2.69 bits per heavy atom. The molecule has 1 aliphatic rings. The lowest BCUT2D eigenvalue weighted by Gasteiger charge is -2.08. The normalized spacial score (nSPS) is 22.3. The minimum absolute atomic E-state index is 0.886. The van der Waals surface area contributed by atoms with Gasteiger partial charge >= 0.3 is 0 Å². The molecule has 13 heavy (non-hydrogen) atoms. The van der Waals surface area contributed by atoms with E-state index in [2.05, 4.69) is 27.3 Å². The van der Waals surface area contributed by atoms with E-state index in [1.165, 1.54) is 23.5 Å². The van der Waals surface area contributed by atoms with Crippen molar-refractivity contribution in [3.63, 3.8) is 0 Å². The maximum Gasteiger partial charge on any atom is 0.0532 e. The molecule has 2 rings (SSSR count). The van der Waals surface area contributed by atoms with Crippen molar-refractivity contribution in [2.75, 3.05) is 18.1 Å². The highest BCUT2D eigenvalue weighted by atomic mass is 32.2. The summed E-state index contributed by atoms with van der Waals surface area (Å²) in [5, 5.41) is 10.2. The number of H-pyrrole nitrogens is 1. The van der Waals surface area contributed by atoms with Gasteiger partial charge in [-0.3, -0.25) is 5.10 Å². The highest BCUT2D eigenvalue weighted by molar-refractivity contribution is 7.99. The fraction of sp³-hybridized carbons (Fsp3) is 0.667. The molecule has 2 heterocycles. The predicted octanol–water partition coefficient (Wildman–Crippen LogP) is 1.25. The molecule has 72 valence electrons. The molecule has 1 unspecified atom stereocenters. The average Bonchev–Trinajstić information content (AvgIpc) is 2.75. The maximum atomic E-state index is 3.90. The Morgan fingerprint density at radius 3 is 3.38 bits per heavy atom. The van der Waals surface area contributed by atoms with Gasteiger partial charge in [0.2, 0.25) is 0 Å². The molecule has 0 radical (unpaired) electrons. The van der Waals surface area contributed by atoms with Crippen molar-refractivity contribution < 1.29 is 0 Å². The third-order valence-electron chi connectivity index (χ3n) is 2.34. The minimum atomic E-state index is 0.886. The van der Waals surface area contributed by atoms with Crippen LogP contribution in [0.4, 0.5) is 0 Å². The molecule has 0 amide bonds. The molecule has 0 saturated carbocycles.